The van der Waals surface area contributed by atoms with Crippen LogP contribution in [0.4, 0.5) is 0 Å². The van der Waals surface area contributed by atoms with Crippen LogP contribution in [0.1, 0.15) is 22.9 Å². The number of aromatic nitrogens is 2. The molecule has 0 aliphatic heterocycles. The van der Waals surface area contributed by atoms with E-state index in [2.05, 4.69) is 10.1 Å². The van der Waals surface area contributed by atoms with Crippen molar-refractivity contribution in [3.05, 3.63) is 58.5 Å². The van der Waals surface area contributed by atoms with Gasteiger partial charge in [0.25, 0.3) is 5.89 Å². The molecule has 2 heterocycles. The number of thiophene rings is 1. The summed E-state index contributed by atoms with van der Waals surface area (Å²) in [6.45, 7) is 1.96. The van der Waals surface area contributed by atoms with Gasteiger partial charge in [-0.25, -0.2) is 0 Å². The smallest absolute Gasteiger partial charge is 0.257 e. The zero-order valence-corrected chi connectivity index (χ0v) is 13.1. The van der Waals surface area contributed by atoms with Crippen molar-refractivity contribution in [2.45, 2.75) is 17.9 Å². The molecule has 0 saturated heterocycles. The number of benzene rings is 1. The highest BCUT2D eigenvalue weighted by molar-refractivity contribution is 7.84. The fourth-order valence-electron chi connectivity index (χ4n) is 1.91. The van der Waals surface area contributed by atoms with Gasteiger partial charge in [0.15, 0.2) is 5.82 Å². The van der Waals surface area contributed by atoms with E-state index in [-0.39, 0.29) is 5.25 Å². The van der Waals surface area contributed by atoms with Gasteiger partial charge in [-0.1, -0.05) is 29.4 Å². The second-order valence-corrected chi connectivity index (χ2v) is 7.30. The van der Waals surface area contributed by atoms with Gasteiger partial charge in [0.05, 0.1) is 11.0 Å². The van der Waals surface area contributed by atoms with Crippen LogP contribution in [-0.2, 0) is 16.6 Å². The first-order valence-corrected chi connectivity index (χ1v) is 8.79. The van der Waals surface area contributed by atoms with E-state index in [0.29, 0.717) is 17.5 Å². The molecule has 0 aliphatic rings. The van der Waals surface area contributed by atoms with Crippen LogP contribution >= 0.6 is 11.3 Å². The van der Waals surface area contributed by atoms with Crippen LogP contribution in [-0.4, -0.2) is 14.3 Å². The third-order valence-electron chi connectivity index (χ3n) is 3.10. The predicted octanol–water partition coefficient (Wildman–Crippen LogP) is 3.81. The second-order valence-electron chi connectivity index (χ2n) is 4.56. The Balaban J connectivity index is 1.71. The summed E-state index contributed by atoms with van der Waals surface area (Å²) >= 11 is 1.61. The Morgan fingerprint density at radius 3 is 2.76 bits per heavy atom. The summed E-state index contributed by atoms with van der Waals surface area (Å²) in [5.41, 5.74) is 0.869. The van der Waals surface area contributed by atoms with Gasteiger partial charge >= 0.3 is 0 Å². The molecule has 0 radical (unpaired) electrons. The molecular formula is C15H14N2O2S2. The Morgan fingerprint density at radius 2 is 2.05 bits per heavy atom. The van der Waals surface area contributed by atoms with Crippen LogP contribution < -0.4 is 0 Å². The Labute approximate surface area is 129 Å². The van der Waals surface area contributed by atoms with E-state index in [9.17, 15) is 4.21 Å². The maximum Gasteiger partial charge on any atom is 0.257 e. The van der Waals surface area contributed by atoms with Crippen LogP contribution in [0, 0.1) is 0 Å². The number of nitrogens with zero attached hydrogens (tertiary/aromatic N) is 2. The zero-order valence-electron chi connectivity index (χ0n) is 11.4. The van der Waals surface area contributed by atoms with Gasteiger partial charge in [-0.05, 0) is 30.5 Å². The molecule has 1 aromatic carbocycles. The molecule has 2 atom stereocenters. The minimum absolute atomic E-state index is 0.0244. The van der Waals surface area contributed by atoms with Crippen LogP contribution in [0.15, 0.2) is 52.4 Å². The van der Waals surface area contributed by atoms with E-state index in [0.717, 1.165) is 10.4 Å². The number of hydrogen-bond donors (Lipinski definition) is 0. The van der Waals surface area contributed by atoms with Crippen molar-refractivity contribution in [1.82, 2.24) is 10.1 Å². The van der Waals surface area contributed by atoms with Crippen LogP contribution in [0.5, 0.6) is 0 Å². The fraction of sp³-hybridized carbons (Fsp3) is 0.200. The minimum atomic E-state index is -1.06. The molecule has 6 heteroatoms. The summed E-state index contributed by atoms with van der Waals surface area (Å²) in [6.07, 6.45) is 0. The largest absolute Gasteiger partial charge is 0.334 e. The lowest BCUT2D eigenvalue weighted by Crippen LogP contribution is -2.05. The lowest BCUT2D eigenvalue weighted by Gasteiger charge is -2.06. The summed E-state index contributed by atoms with van der Waals surface area (Å²) in [5, 5.41) is 5.89. The van der Waals surface area contributed by atoms with E-state index < -0.39 is 10.8 Å². The zero-order chi connectivity index (χ0) is 14.7. The average molecular weight is 318 g/mol. The normalized spacial score (nSPS) is 14.0. The van der Waals surface area contributed by atoms with Gasteiger partial charge < -0.3 is 4.52 Å². The summed E-state index contributed by atoms with van der Waals surface area (Å²) in [4.78, 5) is 5.43. The highest BCUT2D eigenvalue weighted by atomic mass is 32.2. The van der Waals surface area contributed by atoms with Gasteiger partial charge in [0.1, 0.15) is 0 Å². The van der Waals surface area contributed by atoms with Gasteiger partial charge in [0, 0.05) is 21.2 Å². The number of hydrogen-bond acceptors (Lipinski definition) is 5. The van der Waals surface area contributed by atoms with Gasteiger partial charge in [0.2, 0.25) is 0 Å². The monoisotopic (exact) mass is 318 g/mol. The topological polar surface area (TPSA) is 56.0 Å². The molecule has 0 fully saturated rings. The van der Waals surface area contributed by atoms with E-state index in [1.165, 1.54) is 0 Å². The Hall–Kier alpha value is -1.79. The molecule has 108 valence electrons. The first-order valence-electron chi connectivity index (χ1n) is 6.52. The van der Waals surface area contributed by atoms with Crippen molar-refractivity contribution in [2.75, 3.05) is 0 Å². The van der Waals surface area contributed by atoms with Gasteiger partial charge in [-0.2, -0.15) is 4.98 Å². The van der Waals surface area contributed by atoms with Crippen LogP contribution in [0.3, 0.4) is 0 Å². The molecule has 3 aromatic rings. The van der Waals surface area contributed by atoms with E-state index in [1.807, 2.05) is 54.8 Å². The second kappa shape index (κ2) is 6.32. The molecule has 0 unspecified atom stereocenters. The Morgan fingerprint density at radius 1 is 1.24 bits per heavy atom. The van der Waals surface area contributed by atoms with Crippen molar-refractivity contribution in [3.8, 4) is 11.5 Å². The molecule has 4 nitrogen and oxygen atoms in total. The highest BCUT2D eigenvalue weighted by Crippen LogP contribution is 2.26. The van der Waals surface area contributed by atoms with E-state index in [1.54, 1.807) is 11.3 Å². The van der Waals surface area contributed by atoms with Crippen molar-refractivity contribution in [2.24, 2.45) is 0 Å². The fourth-order valence-corrected chi connectivity index (χ4v) is 4.03. The molecule has 0 aliphatic carbocycles. The van der Waals surface area contributed by atoms with Crippen molar-refractivity contribution >= 4 is 22.1 Å². The quantitative estimate of drug-likeness (QED) is 0.718. The molecule has 0 saturated carbocycles. The maximum absolute atomic E-state index is 12.4. The van der Waals surface area contributed by atoms with Crippen LogP contribution in [0.2, 0.25) is 0 Å². The first-order chi connectivity index (χ1) is 10.2. The molecule has 0 bridgehead atoms. The molecule has 21 heavy (non-hydrogen) atoms. The summed E-state index contributed by atoms with van der Waals surface area (Å²) in [6, 6.07) is 13.5. The summed E-state index contributed by atoms with van der Waals surface area (Å²) < 4.78 is 17.6. The third kappa shape index (κ3) is 3.28. The van der Waals surface area contributed by atoms with Crippen LogP contribution in [0.25, 0.3) is 11.5 Å². The van der Waals surface area contributed by atoms with Gasteiger partial charge in [-0.3, -0.25) is 4.21 Å². The van der Waals surface area contributed by atoms with Crippen molar-refractivity contribution in [1.29, 1.82) is 0 Å². The average Bonchev–Trinajstić information content (AvgIpc) is 3.19. The Kier molecular flexibility index (Phi) is 4.26. The standard InChI is InChI=1S/C15H14N2O2S2/c1-11(13-8-5-9-20-13)21(18)10-14-16-15(19-17-14)12-6-3-2-4-7-12/h2-9,11H,10H2,1H3/t11-,21+/m1/s1. The predicted molar refractivity (Wildman–Crippen MR) is 84.3 cm³/mol. The highest BCUT2D eigenvalue weighted by Gasteiger charge is 2.18. The molecule has 0 N–H and O–H groups in total. The van der Waals surface area contributed by atoms with Gasteiger partial charge in [-0.15, -0.1) is 11.3 Å². The van der Waals surface area contributed by atoms with Crippen molar-refractivity contribution in [3.63, 3.8) is 0 Å². The minimum Gasteiger partial charge on any atom is -0.334 e. The molecular weight excluding hydrogens is 304 g/mol. The SMILES string of the molecule is C[C@H](c1cccs1)[S@@](=O)Cc1noc(-c2ccccc2)n1. The lowest BCUT2D eigenvalue weighted by molar-refractivity contribution is 0.425. The number of rotatable bonds is 5. The lowest BCUT2D eigenvalue weighted by atomic mass is 10.2. The maximum atomic E-state index is 12.4. The molecule has 2 aromatic heterocycles. The summed E-state index contributed by atoms with van der Waals surface area (Å²) in [7, 11) is -1.06. The summed E-state index contributed by atoms with van der Waals surface area (Å²) in [5.74, 6) is 1.25. The van der Waals surface area contributed by atoms with E-state index in [4.69, 9.17) is 4.52 Å². The third-order valence-corrected chi connectivity index (χ3v) is 5.89. The molecule has 0 amide bonds. The van der Waals surface area contributed by atoms with Crippen molar-refractivity contribution < 1.29 is 8.73 Å². The molecule has 3 rings (SSSR count). The molecule has 0 spiro atoms. The Bertz CT molecular complexity index is 723. The van der Waals surface area contributed by atoms with E-state index >= 15 is 0 Å². The first kappa shape index (κ1) is 14.2.